The van der Waals surface area contributed by atoms with Crippen molar-refractivity contribution in [2.45, 2.75) is 72.3 Å². The lowest BCUT2D eigenvalue weighted by Crippen LogP contribution is -2.36. The summed E-state index contributed by atoms with van der Waals surface area (Å²) in [5.41, 5.74) is 3.36. The minimum atomic E-state index is 0.0691. The van der Waals surface area contributed by atoms with Gasteiger partial charge in [0.05, 0.1) is 6.10 Å². The van der Waals surface area contributed by atoms with E-state index in [2.05, 4.69) is 43.9 Å². The van der Waals surface area contributed by atoms with Gasteiger partial charge in [-0.05, 0) is 56.2 Å². The summed E-state index contributed by atoms with van der Waals surface area (Å²) in [5.74, 6) is 0.737. The number of carbonyl (C=O) groups excluding carboxylic acids is 1. The van der Waals surface area contributed by atoms with Crippen molar-refractivity contribution in [1.29, 1.82) is 0 Å². The Morgan fingerprint density at radius 1 is 1.30 bits per heavy atom. The van der Waals surface area contributed by atoms with Crippen molar-refractivity contribution < 1.29 is 9.53 Å². The smallest absolute Gasteiger partial charge is 0.223 e. The van der Waals surface area contributed by atoms with Crippen LogP contribution in [-0.2, 0) is 9.53 Å². The molecule has 2 rings (SSSR count). The molecule has 4 heteroatoms. The molecule has 27 heavy (non-hydrogen) atoms. The lowest BCUT2D eigenvalue weighted by atomic mass is 9.97. The minimum Gasteiger partial charge on any atom is -0.378 e. The average molecular weight is 375 g/mol. The van der Waals surface area contributed by atoms with Gasteiger partial charge in [0.1, 0.15) is 0 Å². The molecule has 1 aromatic rings. The maximum Gasteiger partial charge on any atom is 0.223 e. The summed E-state index contributed by atoms with van der Waals surface area (Å²) in [6, 6.07) is 6.46. The molecular weight excluding hydrogens is 336 g/mol. The molecule has 1 atom stereocenters. The molecule has 0 saturated carbocycles. The molecule has 1 aliphatic rings. The Kier molecular flexibility index (Phi) is 8.62. The molecule has 1 heterocycles. The van der Waals surface area contributed by atoms with Gasteiger partial charge in [-0.2, -0.15) is 0 Å². The first-order chi connectivity index (χ1) is 13.0. The van der Waals surface area contributed by atoms with Gasteiger partial charge in [-0.25, -0.2) is 0 Å². The normalized spacial score (nSPS) is 16.4. The molecule has 1 saturated heterocycles. The molecule has 1 aromatic carbocycles. The van der Waals surface area contributed by atoms with Crippen LogP contribution in [0.15, 0.2) is 18.2 Å². The van der Waals surface area contributed by atoms with Gasteiger partial charge in [-0.3, -0.25) is 4.79 Å². The highest BCUT2D eigenvalue weighted by molar-refractivity contribution is 5.92. The third kappa shape index (κ3) is 6.24. The fourth-order valence-corrected chi connectivity index (χ4v) is 3.79. The van der Waals surface area contributed by atoms with E-state index in [0.717, 1.165) is 37.4 Å². The Bertz CT molecular complexity index is 594. The summed E-state index contributed by atoms with van der Waals surface area (Å²) in [7, 11) is 1.85. The molecule has 1 amide bonds. The number of hydrogen-bond donors (Lipinski definition) is 0. The van der Waals surface area contributed by atoms with Crippen LogP contribution < -0.4 is 9.80 Å². The maximum atomic E-state index is 11.7. The molecule has 1 unspecified atom stereocenters. The van der Waals surface area contributed by atoms with Gasteiger partial charge >= 0.3 is 0 Å². The number of hydrogen-bond acceptors (Lipinski definition) is 3. The van der Waals surface area contributed by atoms with Crippen LogP contribution in [0.2, 0.25) is 0 Å². The zero-order chi connectivity index (χ0) is 19.8. The maximum absolute atomic E-state index is 11.7. The summed E-state index contributed by atoms with van der Waals surface area (Å²) in [6.45, 7) is 11.2. The fourth-order valence-electron chi connectivity index (χ4n) is 3.79. The number of amides is 1. The van der Waals surface area contributed by atoms with E-state index in [1.165, 1.54) is 37.8 Å². The van der Waals surface area contributed by atoms with Gasteiger partial charge in [0.25, 0.3) is 0 Å². The number of carbonyl (C=O) groups is 1. The first-order valence-corrected chi connectivity index (χ1v) is 10.7. The number of piperidine rings is 1. The number of unbranched alkanes of at least 4 members (excludes halogenated alkanes) is 1. The molecule has 0 spiro atoms. The number of ether oxygens (including phenoxy) is 1. The highest BCUT2D eigenvalue weighted by atomic mass is 16.5. The molecule has 0 aromatic heterocycles. The third-order valence-corrected chi connectivity index (χ3v) is 5.91. The van der Waals surface area contributed by atoms with Crippen LogP contribution in [0.5, 0.6) is 0 Å². The van der Waals surface area contributed by atoms with E-state index in [1.54, 1.807) is 11.8 Å². The van der Waals surface area contributed by atoms with Crippen molar-refractivity contribution in [1.82, 2.24) is 0 Å². The van der Waals surface area contributed by atoms with E-state index in [9.17, 15) is 4.79 Å². The van der Waals surface area contributed by atoms with Crippen molar-refractivity contribution in [2.75, 3.05) is 36.5 Å². The van der Waals surface area contributed by atoms with Crippen LogP contribution in [0.4, 0.5) is 11.4 Å². The van der Waals surface area contributed by atoms with Gasteiger partial charge in [0.2, 0.25) is 5.91 Å². The molecular formula is C23H38N2O2. The average Bonchev–Trinajstić information content (AvgIpc) is 2.68. The largest absolute Gasteiger partial charge is 0.378 e. The molecule has 0 aliphatic carbocycles. The lowest BCUT2D eigenvalue weighted by Gasteiger charge is -2.34. The highest BCUT2D eigenvalue weighted by Crippen LogP contribution is 2.29. The van der Waals surface area contributed by atoms with Gasteiger partial charge in [-0.1, -0.05) is 32.8 Å². The molecule has 152 valence electrons. The van der Waals surface area contributed by atoms with E-state index in [0.29, 0.717) is 12.0 Å². The highest BCUT2D eigenvalue weighted by Gasteiger charge is 2.21. The monoisotopic (exact) mass is 374 g/mol. The fraction of sp³-hybridized carbons (Fsp3) is 0.696. The van der Waals surface area contributed by atoms with Crippen molar-refractivity contribution in [3.63, 3.8) is 0 Å². The second-order valence-corrected chi connectivity index (χ2v) is 7.99. The molecule has 4 nitrogen and oxygen atoms in total. The Labute approximate surface area is 165 Å². The van der Waals surface area contributed by atoms with Crippen molar-refractivity contribution in [2.24, 2.45) is 5.92 Å². The summed E-state index contributed by atoms with van der Waals surface area (Å²) >= 11 is 0. The number of benzene rings is 1. The van der Waals surface area contributed by atoms with Crippen LogP contribution in [0.1, 0.15) is 64.9 Å². The Morgan fingerprint density at radius 2 is 2.00 bits per heavy atom. The number of anilines is 2. The van der Waals surface area contributed by atoms with E-state index < -0.39 is 0 Å². The Hall–Kier alpha value is -1.55. The summed E-state index contributed by atoms with van der Waals surface area (Å²) < 4.78 is 6.20. The lowest BCUT2D eigenvalue weighted by molar-refractivity contribution is -0.116. The van der Waals surface area contributed by atoms with E-state index >= 15 is 0 Å². The quantitative estimate of drug-likeness (QED) is 0.597. The zero-order valence-corrected chi connectivity index (χ0v) is 18.0. The molecule has 0 N–H and O–H groups in total. The van der Waals surface area contributed by atoms with Crippen molar-refractivity contribution >= 4 is 17.3 Å². The van der Waals surface area contributed by atoms with Gasteiger partial charge < -0.3 is 14.5 Å². The standard InChI is InChI=1S/C23H38N2O2/c1-6-8-9-22(7-2)27-17-20-12-14-25(15-13-20)21-11-10-18(3)23(16-21)24(5)19(4)26/h10-11,16,20,22H,6-9,12-15,17H2,1-5H3. The topological polar surface area (TPSA) is 32.8 Å². The van der Waals surface area contributed by atoms with Crippen molar-refractivity contribution in [3.8, 4) is 0 Å². The van der Waals surface area contributed by atoms with Crippen LogP contribution in [0.25, 0.3) is 0 Å². The van der Waals surface area contributed by atoms with Gasteiger partial charge in [0, 0.05) is 45.0 Å². The Morgan fingerprint density at radius 3 is 2.59 bits per heavy atom. The summed E-state index contributed by atoms with van der Waals surface area (Å²) in [4.78, 5) is 15.9. The SMILES string of the molecule is CCCCC(CC)OCC1CCN(c2ccc(C)c(N(C)C(C)=O)c2)CC1. The number of nitrogens with zero attached hydrogens (tertiary/aromatic N) is 2. The summed E-state index contributed by atoms with van der Waals surface area (Å²) in [5, 5.41) is 0. The number of rotatable bonds is 9. The predicted molar refractivity (Wildman–Crippen MR) is 115 cm³/mol. The van der Waals surface area contributed by atoms with E-state index in [4.69, 9.17) is 4.74 Å². The Balaban J connectivity index is 1.88. The molecule has 1 fully saturated rings. The van der Waals surface area contributed by atoms with Gasteiger partial charge in [-0.15, -0.1) is 0 Å². The number of aryl methyl sites for hydroxylation is 1. The van der Waals surface area contributed by atoms with Crippen LogP contribution in [-0.4, -0.2) is 38.8 Å². The predicted octanol–water partition coefficient (Wildman–Crippen LogP) is 5.18. The molecule has 0 radical (unpaired) electrons. The van der Waals surface area contributed by atoms with E-state index in [-0.39, 0.29) is 5.91 Å². The second kappa shape index (κ2) is 10.7. The first-order valence-electron chi connectivity index (χ1n) is 10.7. The summed E-state index contributed by atoms with van der Waals surface area (Å²) in [6.07, 6.45) is 7.61. The van der Waals surface area contributed by atoms with Crippen molar-refractivity contribution in [3.05, 3.63) is 23.8 Å². The molecule has 0 bridgehead atoms. The second-order valence-electron chi connectivity index (χ2n) is 7.99. The zero-order valence-electron chi connectivity index (χ0n) is 18.0. The van der Waals surface area contributed by atoms with E-state index in [1.807, 2.05) is 7.05 Å². The van der Waals surface area contributed by atoms with Crippen LogP contribution in [0, 0.1) is 12.8 Å². The molecule has 1 aliphatic heterocycles. The van der Waals surface area contributed by atoms with Crippen LogP contribution >= 0.6 is 0 Å². The minimum absolute atomic E-state index is 0.0691. The van der Waals surface area contributed by atoms with Gasteiger partial charge in [0.15, 0.2) is 0 Å². The first kappa shape index (κ1) is 21.7. The third-order valence-electron chi connectivity index (χ3n) is 5.91. The van der Waals surface area contributed by atoms with Crippen LogP contribution in [0.3, 0.4) is 0 Å².